The van der Waals surface area contributed by atoms with E-state index in [9.17, 15) is 4.79 Å². The van der Waals surface area contributed by atoms with Crippen LogP contribution in [0.1, 0.15) is 31.9 Å². The zero-order valence-corrected chi connectivity index (χ0v) is 11.8. The van der Waals surface area contributed by atoms with Gasteiger partial charge in [0.2, 0.25) is 0 Å². The van der Waals surface area contributed by atoms with E-state index in [2.05, 4.69) is 37.8 Å². The zero-order valence-electron chi connectivity index (χ0n) is 11.8. The maximum atomic E-state index is 11.6. The number of hydrogen-bond acceptors (Lipinski definition) is 3. The van der Waals surface area contributed by atoms with E-state index in [1.165, 1.54) is 11.1 Å². The highest BCUT2D eigenvalue weighted by Crippen LogP contribution is 2.12. The van der Waals surface area contributed by atoms with Gasteiger partial charge in [-0.3, -0.25) is 9.69 Å². The first-order chi connectivity index (χ1) is 8.54. The average molecular weight is 249 g/mol. The molecule has 0 aliphatic heterocycles. The summed E-state index contributed by atoms with van der Waals surface area (Å²) in [4.78, 5) is 13.7. The fraction of sp³-hybridized carbons (Fsp3) is 0.533. The lowest BCUT2D eigenvalue weighted by molar-refractivity contribution is -0.145. The van der Waals surface area contributed by atoms with Crippen LogP contribution in [0.15, 0.2) is 24.3 Å². The number of esters is 1. The molecule has 0 saturated heterocycles. The van der Waals surface area contributed by atoms with Gasteiger partial charge < -0.3 is 4.74 Å². The summed E-state index contributed by atoms with van der Waals surface area (Å²) >= 11 is 0. The largest absolute Gasteiger partial charge is 0.465 e. The number of hydrogen-bond donors (Lipinski definition) is 0. The average Bonchev–Trinajstić information content (AvgIpc) is 2.31. The molecule has 18 heavy (non-hydrogen) atoms. The molecule has 0 aliphatic rings. The van der Waals surface area contributed by atoms with Crippen molar-refractivity contribution in [3.05, 3.63) is 35.4 Å². The third-order valence-electron chi connectivity index (χ3n) is 3.00. The second-order valence-electron chi connectivity index (χ2n) is 4.73. The molecule has 0 amide bonds. The highest BCUT2D eigenvalue weighted by Gasteiger charge is 2.15. The van der Waals surface area contributed by atoms with Crippen LogP contribution >= 0.6 is 0 Å². The number of aryl methyl sites for hydroxylation is 1. The minimum Gasteiger partial charge on any atom is -0.465 e. The van der Waals surface area contributed by atoms with Gasteiger partial charge in [-0.15, -0.1) is 0 Å². The molecule has 1 aromatic carbocycles. The molecule has 0 unspecified atom stereocenters. The molecule has 0 aliphatic carbocycles. The minimum absolute atomic E-state index is 0.153. The number of ether oxygens (including phenoxy) is 1. The van der Waals surface area contributed by atoms with Crippen LogP contribution in [0.5, 0.6) is 0 Å². The maximum Gasteiger partial charge on any atom is 0.320 e. The highest BCUT2D eigenvalue weighted by atomic mass is 16.5. The van der Waals surface area contributed by atoms with E-state index in [-0.39, 0.29) is 5.97 Å². The summed E-state index contributed by atoms with van der Waals surface area (Å²) in [5.41, 5.74) is 2.52. The molecule has 0 saturated carbocycles. The van der Waals surface area contributed by atoms with E-state index >= 15 is 0 Å². The van der Waals surface area contributed by atoms with E-state index in [4.69, 9.17) is 4.74 Å². The van der Waals surface area contributed by atoms with Crippen LogP contribution in [-0.2, 0) is 16.1 Å². The van der Waals surface area contributed by atoms with Gasteiger partial charge in [0.05, 0.1) is 13.2 Å². The standard InChI is InChI=1S/C15H23NO2/c1-5-18-15(17)11-16(12(2)3)10-14-9-7-6-8-13(14)4/h6-9,12H,5,10-11H2,1-4H3. The summed E-state index contributed by atoms with van der Waals surface area (Å²) < 4.78 is 5.01. The summed E-state index contributed by atoms with van der Waals surface area (Å²) in [5, 5.41) is 0. The molecule has 0 aromatic heterocycles. The summed E-state index contributed by atoms with van der Waals surface area (Å²) in [6.45, 7) is 9.68. The molecule has 100 valence electrons. The maximum absolute atomic E-state index is 11.6. The summed E-state index contributed by atoms with van der Waals surface area (Å²) in [5.74, 6) is -0.153. The molecule has 1 rings (SSSR count). The topological polar surface area (TPSA) is 29.5 Å². The van der Waals surface area contributed by atoms with Gasteiger partial charge in [-0.2, -0.15) is 0 Å². The molecule has 1 aromatic rings. The molecule has 0 heterocycles. The molecule has 3 nitrogen and oxygen atoms in total. The third-order valence-corrected chi connectivity index (χ3v) is 3.00. The van der Waals surface area contributed by atoms with Crippen molar-refractivity contribution in [1.82, 2.24) is 4.90 Å². The lowest BCUT2D eigenvalue weighted by atomic mass is 10.1. The number of nitrogens with zero attached hydrogens (tertiary/aromatic N) is 1. The van der Waals surface area contributed by atoms with Gasteiger partial charge >= 0.3 is 5.97 Å². The van der Waals surface area contributed by atoms with E-state index < -0.39 is 0 Å². The second-order valence-corrected chi connectivity index (χ2v) is 4.73. The molecule has 0 fully saturated rings. The van der Waals surface area contributed by atoms with E-state index in [1.807, 2.05) is 19.1 Å². The number of rotatable bonds is 6. The Bertz CT molecular complexity index is 388. The van der Waals surface area contributed by atoms with Crippen molar-refractivity contribution < 1.29 is 9.53 Å². The van der Waals surface area contributed by atoms with Gasteiger partial charge in [-0.05, 0) is 38.8 Å². The van der Waals surface area contributed by atoms with E-state index in [0.717, 1.165) is 6.54 Å². The van der Waals surface area contributed by atoms with Crippen molar-refractivity contribution >= 4 is 5.97 Å². The van der Waals surface area contributed by atoms with Crippen molar-refractivity contribution in [2.75, 3.05) is 13.2 Å². The smallest absolute Gasteiger partial charge is 0.320 e. The molecule has 0 bridgehead atoms. The first-order valence-corrected chi connectivity index (χ1v) is 6.48. The van der Waals surface area contributed by atoms with Crippen molar-refractivity contribution in [2.45, 2.75) is 40.3 Å². The Kier molecular flexibility index (Phi) is 5.86. The summed E-state index contributed by atoms with van der Waals surface area (Å²) in [7, 11) is 0. The highest BCUT2D eigenvalue weighted by molar-refractivity contribution is 5.71. The van der Waals surface area contributed by atoms with E-state index in [0.29, 0.717) is 19.2 Å². The Balaban J connectivity index is 2.69. The van der Waals surface area contributed by atoms with E-state index in [1.54, 1.807) is 0 Å². The van der Waals surface area contributed by atoms with Gasteiger partial charge in [-0.25, -0.2) is 0 Å². The molecular weight excluding hydrogens is 226 g/mol. The lowest BCUT2D eigenvalue weighted by Gasteiger charge is -2.26. The number of carbonyl (C=O) groups excluding carboxylic acids is 1. The first kappa shape index (κ1) is 14.7. The Morgan fingerprint density at radius 1 is 1.33 bits per heavy atom. The second kappa shape index (κ2) is 7.17. The predicted molar refractivity (Wildman–Crippen MR) is 73.4 cm³/mol. The molecule has 3 heteroatoms. The first-order valence-electron chi connectivity index (χ1n) is 6.48. The van der Waals surface area contributed by atoms with Crippen LogP contribution in [0.4, 0.5) is 0 Å². The van der Waals surface area contributed by atoms with Gasteiger partial charge in [0.1, 0.15) is 0 Å². The lowest BCUT2D eigenvalue weighted by Crippen LogP contribution is -2.36. The normalized spacial score (nSPS) is 11.0. The van der Waals surface area contributed by atoms with Gasteiger partial charge in [0, 0.05) is 12.6 Å². The van der Waals surface area contributed by atoms with Crippen LogP contribution in [0.25, 0.3) is 0 Å². The zero-order chi connectivity index (χ0) is 13.5. The van der Waals surface area contributed by atoms with Crippen LogP contribution in [0, 0.1) is 6.92 Å². The molecule has 0 atom stereocenters. The minimum atomic E-state index is -0.153. The molecule has 0 radical (unpaired) electrons. The van der Waals surface area contributed by atoms with Crippen LogP contribution in [0.2, 0.25) is 0 Å². The van der Waals surface area contributed by atoms with Crippen molar-refractivity contribution in [3.8, 4) is 0 Å². The van der Waals surface area contributed by atoms with Gasteiger partial charge in [0.25, 0.3) is 0 Å². The fourth-order valence-corrected chi connectivity index (χ4v) is 1.80. The summed E-state index contributed by atoms with van der Waals surface area (Å²) in [6.07, 6.45) is 0. The Hall–Kier alpha value is -1.35. The summed E-state index contributed by atoms with van der Waals surface area (Å²) in [6, 6.07) is 8.58. The van der Waals surface area contributed by atoms with Crippen LogP contribution < -0.4 is 0 Å². The predicted octanol–water partition coefficient (Wildman–Crippen LogP) is 2.77. The Labute approximate surface area is 110 Å². The Morgan fingerprint density at radius 2 is 2.00 bits per heavy atom. The Morgan fingerprint density at radius 3 is 2.56 bits per heavy atom. The van der Waals surface area contributed by atoms with Crippen LogP contribution in [0.3, 0.4) is 0 Å². The quantitative estimate of drug-likeness (QED) is 0.726. The molecular formula is C15H23NO2. The van der Waals surface area contributed by atoms with Gasteiger partial charge in [0.15, 0.2) is 0 Å². The van der Waals surface area contributed by atoms with Crippen LogP contribution in [-0.4, -0.2) is 30.1 Å². The molecule has 0 N–H and O–H groups in total. The fourth-order valence-electron chi connectivity index (χ4n) is 1.80. The van der Waals surface area contributed by atoms with Gasteiger partial charge in [-0.1, -0.05) is 24.3 Å². The monoisotopic (exact) mass is 249 g/mol. The molecule has 0 spiro atoms. The van der Waals surface area contributed by atoms with Crippen molar-refractivity contribution in [3.63, 3.8) is 0 Å². The van der Waals surface area contributed by atoms with Crippen molar-refractivity contribution in [2.24, 2.45) is 0 Å². The number of carbonyl (C=O) groups is 1. The number of benzene rings is 1. The van der Waals surface area contributed by atoms with Crippen molar-refractivity contribution in [1.29, 1.82) is 0 Å². The third kappa shape index (κ3) is 4.49. The SMILES string of the molecule is CCOC(=O)CN(Cc1ccccc1C)C(C)C.